The molecule has 3 heterocycles. The van der Waals surface area contributed by atoms with E-state index in [-0.39, 0.29) is 33.7 Å². The van der Waals surface area contributed by atoms with Crippen molar-refractivity contribution in [3.8, 4) is 10.4 Å². The van der Waals surface area contributed by atoms with Gasteiger partial charge in [0.1, 0.15) is 12.4 Å². The van der Waals surface area contributed by atoms with E-state index in [1.807, 2.05) is 5.32 Å². The molecule has 0 radical (unpaired) electrons. The van der Waals surface area contributed by atoms with Crippen molar-refractivity contribution in [1.29, 1.82) is 0 Å². The number of aromatic nitrogens is 2. The normalized spacial score (nSPS) is 17.8. The van der Waals surface area contributed by atoms with Gasteiger partial charge in [-0.1, -0.05) is 0 Å². The third-order valence-corrected chi connectivity index (χ3v) is 7.18. The van der Waals surface area contributed by atoms with Gasteiger partial charge in [0.25, 0.3) is 18.3 Å². The Morgan fingerprint density at radius 3 is 2.40 bits per heavy atom. The van der Waals surface area contributed by atoms with Crippen molar-refractivity contribution < 1.29 is 45.4 Å². The van der Waals surface area contributed by atoms with Gasteiger partial charge in [-0.3, -0.25) is 9.59 Å². The van der Waals surface area contributed by atoms with Crippen molar-refractivity contribution in [1.82, 2.24) is 20.2 Å². The molecule has 2 atom stereocenters. The summed E-state index contributed by atoms with van der Waals surface area (Å²) in [6.07, 6.45) is -6.20. The van der Waals surface area contributed by atoms with Gasteiger partial charge in [0.05, 0.1) is 28.8 Å². The first kappa shape index (κ1) is 33.2. The number of pyridine rings is 1. The van der Waals surface area contributed by atoms with E-state index in [0.29, 0.717) is 12.1 Å². The minimum absolute atomic E-state index is 0.00177. The van der Waals surface area contributed by atoms with Crippen LogP contribution in [0.15, 0.2) is 12.3 Å². The number of thiazole rings is 1. The van der Waals surface area contributed by atoms with Crippen LogP contribution in [0.1, 0.15) is 61.6 Å². The number of alkyl halides is 7. The zero-order valence-electron chi connectivity index (χ0n) is 22.2. The number of carbonyl (C=O) groups excluding carboxylic acids is 2. The number of aryl methyl sites for hydroxylation is 1. The average Bonchev–Trinajstić information content (AvgIpc) is 3.34. The Morgan fingerprint density at radius 2 is 1.95 bits per heavy atom. The van der Waals surface area contributed by atoms with Crippen molar-refractivity contribution >= 4 is 29.5 Å². The van der Waals surface area contributed by atoms with Gasteiger partial charge in [0.15, 0.2) is 5.01 Å². The number of rotatable bonds is 8. The van der Waals surface area contributed by atoms with Crippen LogP contribution in [0.2, 0.25) is 0 Å². The summed E-state index contributed by atoms with van der Waals surface area (Å²) in [5.74, 6) is -3.59. The molecule has 8 nitrogen and oxygen atoms in total. The lowest BCUT2D eigenvalue weighted by Crippen LogP contribution is -2.47. The highest BCUT2D eigenvalue weighted by Gasteiger charge is 2.42. The first-order valence-corrected chi connectivity index (χ1v) is 12.7. The van der Waals surface area contributed by atoms with Crippen LogP contribution in [0.5, 0.6) is 0 Å². The molecule has 224 valence electrons. The molecule has 3 N–H and O–H groups in total. The van der Waals surface area contributed by atoms with E-state index in [0.717, 1.165) is 28.5 Å². The van der Waals surface area contributed by atoms with Gasteiger partial charge >= 0.3 is 6.18 Å². The highest BCUT2D eigenvalue weighted by molar-refractivity contribution is 7.17. The number of hydrogen-bond donors (Lipinski definition) is 3. The molecule has 0 aromatic carbocycles. The SMILES string of the molecule is CC1CC(F)(F)CN1C=O.Cc1nc(C(=O)NC(C)C(C)(C)O)sc1-c1cnc(NCC(F)(F)F)cc1C(F)F. The third-order valence-electron chi connectivity index (χ3n) is 5.99. The van der Waals surface area contributed by atoms with E-state index in [2.05, 4.69) is 15.3 Å². The Balaban J connectivity index is 0.000000469. The summed E-state index contributed by atoms with van der Waals surface area (Å²) in [4.78, 5) is 31.7. The van der Waals surface area contributed by atoms with Crippen LogP contribution < -0.4 is 10.6 Å². The first-order chi connectivity index (χ1) is 18.2. The predicted molar refractivity (Wildman–Crippen MR) is 135 cm³/mol. The molecular weight excluding hydrogens is 571 g/mol. The second-order valence-corrected chi connectivity index (χ2v) is 10.9. The molecule has 2 amide bonds. The topological polar surface area (TPSA) is 107 Å². The third kappa shape index (κ3) is 9.28. The zero-order valence-corrected chi connectivity index (χ0v) is 23.1. The maximum Gasteiger partial charge on any atom is 0.405 e. The summed E-state index contributed by atoms with van der Waals surface area (Å²) in [5, 5.41) is 14.5. The minimum atomic E-state index is -4.53. The minimum Gasteiger partial charge on any atom is -0.388 e. The second-order valence-electron chi connectivity index (χ2n) is 9.90. The number of carbonyl (C=O) groups is 2. The average molecular weight is 602 g/mol. The van der Waals surface area contributed by atoms with E-state index >= 15 is 0 Å². The largest absolute Gasteiger partial charge is 0.405 e. The fourth-order valence-corrected chi connectivity index (χ4v) is 4.49. The molecule has 0 saturated carbocycles. The van der Waals surface area contributed by atoms with Crippen molar-refractivity contribution in [2.45, 2.75) is 77.2 Å². The Morgan fingerprint density at radius 1 is 1.32 bits per heavy atom. The van der Waals surface area contributed by atoms with Crippen LogP contribution in [-0.2, 0) is 4.79 Å². The molecular formula is C24H30F7N5O3S. The lowest BCUT2D eigenvalue weighted by molar-refractivity contribution is -0.119. The molecule has 2 aromatic heterocycles. The van der Waals surface area contributed by atoms with Crippen LogP contribution in [0.25, 0.3) is 10.4 Å². The molecule has 3 rings (SSSR count). The standard InChI is InChI=1S/C18H21F5N4O2S.C6H9F2NO/c1-8-13(30-16(26-8)15(28)27-9(2)17(3,4)29)11-6-24-12(5-10(11)14(19)20)25-7-18(21,22)23;1-5-2-6(7,8)3-9(5)4-10/h5-6,9,14,29H,7H2,1-4H3,(H,24,25)(H,27,28);4-5H,2-3H2,1H3. The fraction of sp³-hybridized carbons (Fsp3) is 0.583. The van der Waals surface area contributed by atoms with Crippen molar-refractivity contribution in [3.63, 3.8) is 0 Å². The maximum absolute atomic E-state index is 13.6. The highest BCUT2D eigenvalue weighted by atomic mass is 32.1. The van der Waals surface area contributed by atoms with Gasteiger partial charge in [-0.25, -0.2) is 27.5 Å². The monoisotopic (exact) mass is 601 g/mol. The zero-order chi connectivity index (χ0) is 30.6. The van der Waals surface area contributed by atoms with Gasteiger partial charge in [-0.2, -0.15) is 13.2 Å². The Labute approximate surface area is 230 Å². The smallest absolute Gasteiger partial charge is 0.388 e. The van der Waals surface area contributed by atoms with E-state index in [9.17, 15) is 45.4 Å². The molecule has 1 saturated heterocycles. The van der Waals surface area contributed by atoms with E-state index in [1.165, 1.54) is 20.8 Å². The summed E-state index contributed by atoms with van der Waals surface area (Å²) in [6.45, 7) is 5.95. The molecule has 0 bridgehead atoms. The van der Waals surface area contributed by atoms with Crippen LogP contribution in [-0.4, -0.2) is 75.2 Å². The molecule has 16 heteroatoms. The summed E-state index contributed by atoms with van der Waals surface area (Å²) in [6, 6.07) is -0.0662. The Kier molecular flexibility index (Phi) is 10.5. The summed E-state index contributed by atoms with van der Waals surface area (Å²) in [5.41, 5.74) is -1.44. The number of likely N-dealkylation sites (tertiary alicyclic amines) is 1. The van der Waals surface area contributed by atoms with E-state index in [4.69, 9.17) is 0 Å². The molecule has 1 aliphatic rings. The predicted octanol–water partition coefficient (Wildman–Crippen LogP) is 5.19. The van der Waals surface area contributed by atoms with Gasteiger partial charge < -0.3 is 20.6 Å². The summed E-state index contributed by atoms with van der Waals surface area (Å²) in [7, 11) is 0. The van der Waals surface area contributed by atoms with Crippen molar-refractivity contribution in [3.05, 3.63) is 28.5 Å². The molecule has 40 heavy (non-hydrogen) atoms. The van der Waals surface area contributed by atoms with Crippen molar-refractivity contribution in [2.75, 3.05) is 18.4 Å². The number of amides is 2. The second kappa shape index (κ2) is 12.7. The number of hydrogen-bond acceptors (Lipinski definition) is 7. The molecule has 0 spiro atoms. The van der Waals surface area contributed by atoms with Gasteiger partial charge in [-0.15, -0.1) is 11.3 Å². The summed E-state index contributed by atoms with van der Waals surface area (Å²) >= 11 is 0.850. The number of nitrogens with zero attached hydrogens (tertiary/aromatic N) is 3. The van der Waals surface area contributed by atoms with Crippen LogP contribution in [0.4, 0.5) is 36.6 Å². The maximum atomic E-state index is 13.6. The molecule has 2 aromatic rings. The quantitative estimate of drug-likeness (QED) is 0.284. The first-order valence-electron chi connectivity index (χ1n) is 11.9. The number of nitrogens with one attached hydrogen (secondary N) is 2. The van der Waals surface area contributed by atoms with E-state index < -0.39 is 54.7 Å². The van der Waals surface area contributed by atoms with Gasteiger partial charge in [0.2, 0.25) is 6.41 Å². The van der Waals surface area contributed by atoms with Gasteiger partial charge in [-0.05, 0) is 40.7 Å². The fourth-order valence-electron chi connectivity index (χ4n) is 3.49. The Bertz CT molecular complexity index is 1180. The lowest BCUT2D eigenvalue weighted by atomic mass is 10.0. The Hall–Kier alpha value is -3.01. The van der Waals surface area contributed by atoms with Crippen LogP contribution in [0.3, 0.4) is 0 Å². The number of anilines is 1. The van der Waals surface area contributed by atoms with E-state index in [1.54, 1.807) is 13.8 Å². The molecule has 2 unspecified atom stereocenters. The number of halogens is 7. The van der Waals surface area contributed by atoms with Crippen LogP contribution in [0, 0.1) is 6.92 Å². The van der Waals surface area contributed by atoms with Gasteiger partial charge in [0, 0.05) is 29.8 Å². The lowest BCUT2D eigenvalue weighted by Gasteiger charge is -2.26. The summed E-state index contributed by atoms with van der Waals surface area (Å²) < 4.78 is 89.0. The molecule has 1 aliphatic heterocycles. The van der Waals surface area contributed by atoms with Crippen LogP contribution >= 0.6 is 11.3 Å². The number of aliphatic hydroxyl groups is 1. The molecule has 0 aliphatic carbocycles. The highest BCUT2D eigenvalue weighted by Crippen LogP contribution is 2.37. The molecule has 1 fully saturated rings. The van der Waals surface area contributed by atoms with Crippen molar-refractivity contribution in [2.24, 2.45) is 0 Å².